The van der Waals surface area contributed by atoms with Crippen LogP contribution in [0.1, 0.15) is 6.42 Å². The number of hydroxylamine groups is 2. The first kappa shape index (κ1) is 16.2. The molecule has 10 heteroatoms. The van der Waals surface area contributed by atoms with Crippen LogP contribution in [0.4, 0.5) is 0 Å². The summed E-state index contributed by atoms with van der Waals surface area (Å²) in [6, 6.07) is 0. The minimum atomic E-state index is -1.71. The molecule has 0 saturated carbocycles. The average molecular weight is 282 g/mol. The molecule has 1 rings (SSSR count). The number of aliphatic hydroxyl groups excluding tert-OH is 4. The Labute approximate surface area is 107 Å². The zero-order valence-electron chi connectivity index (χ0n) is 9.82. The Morgan fingerprint density at radius 3 is 2.42 bits per heavy atom. The normalized spacial score (nSPS) is 35.4. The molecule has 112 valence electrons. The van der Waals surface area contributed by atoms with E-state index in [0.29, 0.717) is 0 Å². The summed E-state index contributed by atoms with van der Waals surface area (Å²) < 4.78 is 9.38. The lowest BCUT2D eigenvalue weighted by Gasteiger charge is -2.37. The summed E-state index contributed by atoms with van der Waals surface area (Å²) in [6.45, 7) is -0.956. The van der Waals surface area contributed by atoms with E-state index in [2.05, 4.69) is 4.74 Å². The lowest BCUT2D eigenvalue weighted by molar-refractivity contribution is -0.287. The van der Waals surface area contributed by atoms with Gasteiger partial charge >= 0.3 is 5.97 Å². The fraction of sp³-hybridized carbons (Fsp3) is 0.889. The van der Waals surface area contributed by atoms with E-state index in [1.165, 1.54) is 0 Å². The van der Waals surface area contributed by atoms with E-state index in [9.17, 15) is 30.4 Å². The first-order valence-corrected chi connectivity index (χ1v) is 5.50. The average Bonchev–Trinajstić information content (AvgIpc) is 2.36. The van der Waals surface area contributed by atoms with Crippen molar-refractivity contribution in [2.75, 3.05) is 13.2 Å². The number of aliphatic hydroxyl groups is 4. The third-order valence-corrected chi connectivity index (χ3v) is 2.60. The highest BCUT2D eigenvalue weighted by Gasteiger charge is 2.43. The van der Waals surface area contributed by atoms with E-state index in [4.69, 9.17) is 9.94 Å². The van der Waals surface area contributed by atoms with Gasteiger partial charge in [-0.2, -0.15) is 0 Å². The Bertz CT molecular complexity index is 299. The second-order valence-electron chi connectivity index (χ2n) is 4.05. The first-order valence-electron chi connectivity index (χ1n) is 5.50. The lowest BCUT2D eigenvalue weighted by Crippen LogP contribution is -2.58. The van der Waals surface area contributed by atoms with Gasteiger partial charge in [-0.1, -0.05) is 0 Å². The summed E-state index contributed by atoms with van der Waals surface area (Å²) in [6.07, 6.45) is -8.14. The largest absolute Gasteiger partial charge is 0.762 e. The Hall–Kier alpha value is -0.850. The Morgan fingerprint density at radius 1 is 1.21 bits per heavy atom. The van der Waals surface area contributed by atoms with Crippen molar-refractivity contribution in [1.29, 1.82) is 0 Å². The van der Waals surface area contributed by atoms with Crippen LogP contribution < -0.4 is 0 Å². The van der Waals surface area contributed by atoms with Crippen molar-refractivity contribution in [3.05, 3.63) is 5.21 Å². The molecule has 0 aromatic heterocycles. The molecular formula is C9H16NO9-. The van der Waals surface area contributed by atoms with Crippen LogP contribution in [-0.2, 0) is 14.3 Å². The van der Waals surface area contributed by atoms with Crippen molar-refractivity contribution in [3.8, 4) is 0 Å². The molecule has 1 aliphatic heterocycles. The smallest absolute Gasteiger partial charge is 0.307 e. The fourth-order valence-corrected chi connectivity index (χ4v) is 1.50. The highest BCUT2D eigenvalue weighted by Crippen LogP contribution is 2.20. The van der Waals surface area contributed by atoms with Crippen molar-refractivity contribution in [1.82, 2.24) is 5.23 Å². The number of nitrogens with zero attached hydrogens (tertiary/aromatic N) is 1. The predicted molar refractivity (Wildman–Crippen MR) is 56.3 cm³/mol. The van der Waals surface area contributed by atoms with Crippen molar-refractivity contribution in [2.45, 2.75) is 37.1 Å². The third-order valence-electron chi connectivity index (χ3n) is 2.60. The molecule has 5 atom stereocenters. The van der Waals surface area contributed by atoms with Gasteiger partial charge < -0.3 is 40.3 Å². The summed E-state index contributed by atoms with van der Waals surface area (Å²) in [4.78, 5) is 11.1. The topological polar surface area (TPSA) is 163 Å². The molecule has 0 radical (unpaired) electrons. The number of carbonyl (C=O) groups is 1. The van der Waals surface area contributed by atoms with Crippen molar-refractivity contribution < 1.29 is 39.9 Å². The minimum Gasteiger partial charge on any atom is -0.762 e. The number of esters is 1. The fourth-order valence-electron chi connectivity index (χ4n) is 1.50. The minimum absolute atomic E-state index is 0.378. The molecule has 10 nitrogen and oxygen atoms in total. The molecule has 0 aromatic rings. The van der Waals surface area contributed by atoms with E-state index < -0.39 is 55.1 Å². The molecule has 0 amide bonds. The second kappa shape index (κ2) is 7.07. The monoisotopic (exact) mass is 282 g/mol. The van der Waals surface area contributed by atoms with Gasteiger partial charge in [0.25, 0.3) is 0 Å². The molecule has 5 N–H and O–H groups in total. The summed E-state index contributed by atoms with van der Waals surface area (Å²) >= 11 is 0. The van der Waals surface area contributed by atoms with Crippen LogP contribution in [0, 0.1) is 5.21 Å². The van der Waals surface area contributed by atoms with Crippen LogP contribution in [0.15, 0.2) is 0 Å². The van der Waals surface area contributed by atoms with Crippen LogP contribution in [-0.4, -0.2) is 80.7 Å². The molecule has 1 heterocycles. The van der Waals surface area contributed by atoms with E-state index in [0.717, 1.165) is 0 Å². The highest BCUT2D eigenvalue weighted by molar-refractivity contribution is 5.69. The molecule has 1 aliphatic rings. The van der Waals surface area contributed by atoms with Gasteiger partial charge in [0.2, 0.25) is 0 Å². The van der Waals surface area contributed by atoms with Gasteiger partial charge in [-0.15, -0.1) is 0 Å². The lowest BCUT2D eigenvalue weighted by atomic mass is 9.99. The summed E-state index contributed by atoms with van der Waals surface area (Å²) in [5.41, 5.74) is 0. The third kappa shape index (κ3) is 4.63. The molecule has 0 bridgehead atoms. The van der Waals surface area contributed by atoms with Crippen LogP contribution in [0.25, 0.3) is 0 Å². The van der Waals surface area contributed by atoms with Crippen LogP contribution >= 0.6 is 0 Å². The van der Waals surface area contributed by atoms with Gasteiger partial charge in [0.05, 0.1) is 6.42 Å². The van der Waals surface area contributed by atoms with Gasteiger partial charge in [-0.3, -0.25) is 10.0 Å². The number of ether oxygens (including phenoxy) is 2. The van der Waals surface area contributed by atoms with Crippen LogP contribution in [0.2, 0.25) is 0 Å². The van der Waals surface area contributed by atoms with Gasteiger partial charge in [-0.05, 0) is 0 Å². The standard InChI is InChI=1S/C9H16NO9/c11-5(1-2-10(16)17)18-3-4-6(12)7(13)8(14)9(15)19-4/h4,6-9,12-16H,1-3H2/q-1/t4-,6-,7+,8-,9+/m1/s1. The van der Waals surface area contributed by atoms with Gasteiger partial charge in [0, 0.05) is 6.54 Å². The maximum atomic E-state index is 11.1. The maximum Gasteiger partial charge on any atom is 0.307 e. The molecule has 0 aromatic carbocycles. The van der Waals surface area contributed by atoms with Gasteiger partial charge in [-0.25, -0.2) is 0 Å². The molecule has 0 aliphatic carbocycles. The summed E-state index contributed by atoms with van der Waals surface area (Å²) in [5.74, 6) is -0.833. The number of carbonyl (C=O) groups excluding carboxylic acids is 1. The Morgan fingerprint density at radius 2 is 1.84 bits per heavy atom. The van der Waals surface area contributed by atoms with E-state index in [1.54, 1.807) is 0 Å². The SMILES string of the molecule is O=C(CCN([O-])O)OC[C@H]1O[C@H](O)[C@H](O)[C@@H](O)[C@@H]1O. The van der Waals surface area contributed by atoms with E-state index >= 15 is 0 Å². The van der Waals surface area contributed by atoms with Crippen molar-refractivity contribution in [3.63, 3.8) is 0 Å². The van der Waals surface area contributed by atoms with Crippen LogP contribution in [0.5, 0.6) is 0 Å². The van der Waals surface area contributed by atoms with E-state index in [1.807, 2.05) is 0 Å². The zero-order chi connectivity index (χ0) is 14.6. The van der Waals surface area contributed by atoms with Gasteiger partial charge in [0.15, 0.2) is 6.29 Å². The van der Waals surface area contributed by atoms with Gasteiger partial charge in [0.1, 0.15) is 31.0 Å². The molecule has 1 saturated heterocycles. The zero-order valence-corrected chi connectivity index (χ0v) is 9.82. The summed E-state index contributed by atoms with van der Waals surface area (Å²) in [7, 11) is 0. The Balaban J connectivity index is 2.38. The van der Waals surface area contributed by atoms with E-state index in [-0.39, 0.29) is 6.42 Å². The number of rotatable bonds is 5. The number of hydrogen-bond donors (Lipinski definition) is 5. The summed E-state index contributed by atoms with van der Waals surface area (Å²) in [5, 5.41) is 55.3. The van der Waals surface area contributed by atoms with Crippen LogP contribution in [0.3, 0.4) is 0 Å². The molecular weight excluding hydrogens is 266 g/mol. The molecule has 0 spiro atoms. The predicted octanol–water partition coefficient (Wildman–Crippen LogP) is -3.09. The molecule has 1 fully saturated rings. The van der Waals surface area contributed by atoms with Crippen molar-refractivity contribution >= 4 is 5.97 Å². The molecule has 19 heavy (non-hydrogen) atoms. The Kier molecular flexibility index (Phi) is 6.03. The molecule has 0 unspecified atom stereocenters. The highest BCUT2D eigenvalue weighted by atomic mass is 16.8. The quantitative estimate of drug-likeness (QED) is 0.258. The second-order valence-corrected chi connectivity index (χ2v) is 4.05. The maximum absolute atomic E-state index is 11.1. The number of hydrogen-bond acceptors (Lipinski definition) is 10. The van der Waals surface area contributed by atoms with Crippen molar-refractivity contribution in [2.24, 2.45) is 0 Å². The first-order chi connectivity index (χ1) is 8.82.